The van der Waals surface area contributed by atoms with Crippen LogP contribution in [0, 0.1) is 0 Å². The fraction of sp³-hybridized carbons (Fsp3) is 0. The Labute approximate surface area is 57.8 Å². The molecule has 0 atom stereocenters. The van der Waals surface area contributed by atoms with E-state index in [1.54, 1.807) is 0 Å². The van der Waals surface area contributed by atoms with Crippen molar-refractivity contribution in [1.82, 2.24) is 0 Å². The summed E-state index contributed by atoms with van der Waals surface area (Å²) in [4.78, 5) is 0. The van der Waals surface area contributed by atoms with Gasteiger partial charge >= 0.3 is 18.9 Å². The molecule has 0 rings (SSSR count). The van der Waals surface area contributed by atoms with Gasteiger partial charge in [0.2, 0.25) is 10.4 Å². The van der Waals surface area contributed by atoms with Crippen LogP contribution in [0.25, 0.3) is 0 Å². The molecular formula is H3LiO6S. The normalized spacial score (nSPS) is 8.75. The Morgan fingerprint density at radius 2 is 1.62 bits per heavy atom. The molecule has 0 saturated carbocycles. The molecule has 0 aliphatic rings. The Morgan fingerprint density at radius 1 is 1.50 bits per heavy atom. The van der Waals surface area contributed by atoms with E-state index in [0.29, 0.717) is 0 Å². The van der Waals surface area contributed by atoms with Crippen LogP contribution in [0.15, 0.2) is 0 Å². The Morgan fingerprint density at radius 3 is 1.62 bits per heavy atom. The zero-order chi connectivity index (χ0) is 5.21. The fourth-order valence-electron chi connectivity index (χ4n) is 0. The van der Waals surface area contributed by atoms with Gasteiger partial charge in [-0.05, 0) is 0 Å². The van der Waals surface area contributed by atoms with E-state index in [1.165, 1.54) is 0 Å². The average Bonchev–Trinajstić information content (AvgIpc) is 1.35. The first-order chi connectivity index (χ1) is 2.56. The molecule has 0 radical (unpaired) electrons. The summed E-state index contributed by atoms with van der Waals surface area (Å²) in [6.45, 7) is 0. The van der Waals surface area contributed by atoms with Crippen LogP contribution < -0.4 is 18.9 Å². The Bertz CT molecular complexity index is 110. The monoisotopic (exact) mass is 138 g/mol. The zero-order valence-corrected chi connectivity index (χ0v) is 4.80. The van der Waals surface area contributed by atoms with Crippen molar-refractivity contribution in [3.05, 3.63) is 0 Å². The second kappa shape index (κ2) is 5.52. The number of hydrogen-bond donors (Lipinski definition) is 1. The number of rotatable bonds is 1. The summed E-state index contributed by atoms with van der Waals surface area (Å²) >= 11 is 0. The summed E-state index contributed by atoms with van der Waals surface area (Å²) in [5, 5.41) is 7.00. The summed E-state index contributed by atoms with van der Waals surface area (Å²) in [6.07, 6.45) is 0. The third-order valence-electron chi connectivity index (χ3n) is 0.0913. The second-order valence-electron chi connectivity index (χ2n) is 0.483. The van der Waals surface area contributed by atoms with Gasteiger partial charge in [-0.2, -0.15) is 0 Å². The zero-order valence-electron chi connectivity index (χ0n) is 3.99. The van der Waals surface area contributed by atoms with Crippen molar-refractivity contribution in [2.75, 3.05) is 0 Å². The molecule has 0 fully saturated rings. The van der Waals surface area contributed by atoms with Crippen molar-refractivity contribution >= 4 is 10.4 Å². The molecule has 0 unspecified atom stereocenters. The van der Waals surface area contributed by atoms with Gasteiger partial charge in [0.1, 0.15) is 0 Å². The summed E-state index contributed by atoms with van der Waals surface area (Å²) < 4.78 is 29.3. The summed E-state index contributed by atoms with van der Waals surface area (Å²) in [5.41, 5.74) is 0. The minimum absolute atomic E-state index is 0. The molecule has 0 bridgehead atoms. The van der Waals surface area contributed by atoms with Crippen LogP contribution in [-0.2, 0) is 14.7 Å². The van der Waals surface area contributed by atoms with Gasteiger partial charge in [0.05, 0.1) is 0 Å². The predicted octanol–water partition coefficient (Wildman–Crippen LogP) is -4.88. The maximum Gasteiger partial charge on any atom is 1.00 e. The van der Waals surface area contributed by atoms with Gasteiger partial charge in [-0.3, -0.25) is 0 Å². The van der Waals surface area contributed by atoms with Crippen LogP contribution in [0.1, 0.15) is 0 Å². The molecule has 0 saturated heterocycles. The van der Waals surface area contributed by atoms with E-state index in [1.807, 2.05) is 0 Å². The quantitative estimate of drug-likeness (QED) is 0.128. The van der Waals surface area contributed by atoms with E-state index >= 15 is 0 Å². The molecule has 0 aromatic carbocycles. The van der Waals surface area contributed by atoms with E-state index in [2.05, 4.69) is 4.33 Å². The van der Waals surface area contributed by atoms with Crippen LogP contribution in [0.4, 0.5) is 0 Å². The van der Waals surface area contributed by atoms with Gasteiger partial charge in [0.25, 0.3) is 0 Å². The van der Waals surface area contributed by atoms with Gasteiger partial charge in [0.15, 0.2) is 0 Å². The van der Waals surface area contributed by atoms with Gasteiger partial charge in [-0.15, -0.1) is 4.33 Å². The van der Waals surface area contributed by atoms with Crippen LogP contribution in [-0.4, -0.2) is 23.7 Å². The molecule has 0 aromatic heterocycles. The van der Waals surface area contributed by atoms with Gasteiger partial charge in [-0.1, -0.05) is 0 Å². The minimum Gasteiger partial charge on any atom is -0.724 e. The molecule has 3 N–H and O–H groups in total. The first-order valence-electron chi connectivity index (χ1n) is 0.849. The summed E-state index contributed by atoms with van der Waals surface area (Å²) in [5.74, 6) is 0. The van der Waals surface area contributed by atoms with Crippen molar-refractivity contribution in [1.29, 1.82) is 0 Å². The standard InChI is InChI=1S/Li.H2O5S.H2O/c;1-5-6(2,3)4;/h;1H,(H,2,3,4);1H2/q+1;;/p-1. The van der Waals surface area contributed by atoms with Crippen LogP contribution >= 0.6 is 0 Å². The largest absolute Gasteiger partial charge is 1.00 e. The van der Waals surface area contributed by atoms with Gasteiger partial charge in [-0.25, -0.2) is 13.7 Å². The second-order valence-corrected chi connectivity index (χ2v) is 1.45. The molecule has 8 heavy (non-hydrogen) atoms. The molecule has 0 aliphatic carbocycles. The SMILES string of the molecule is O.O=S(=O)([O-])OO.[Li+]. The average molecular weight is 138 g/mol. The molecule has 0 amide bonds. The molecule has 0 aromatic rings. The van der Waals surface area contributed by atoms with E-state index in [9.17, 15) is 0 Å². The van der Waals surface area contributed by atoms with Gasteiger partial charge in [0, 0.05) is 0 Å². The minimum atomic E-state index is -4.86. The predicted molar refractivity (Wildman–Crippen MR) is 17.0 cm³/mol. The van der Waals surface area contributed by atoms with Crippen molar-refractivity contribution in [3.63, 3.8) is 0 Å². The first-order valence-corrected chi connectivity index (χ1v) is 2.18. The van der Waals surface area contributed by atoms with E-state index < -0.39 is 10.4 Å². The van der Waals surface area contributed by atoms with Crippen LogP contribution in [0.5, 0.6) is 0 Å². The molecule has 6 nitrogen and oxygen atoms in total. The topological polar surface area (TPSA) is 118 Å². The van der Waals surface area contributed by atoms with Gasteiger partial charge < -0.3 is 10.0 Å². The van der Waals surface area contributed by atoms with E-state index in [4.69, 9.17) is 18.2 Å². The molecule has 46 valence electrons. The molecule has 0 aliphatic heterocycles. The molecular weight excluding hydrogens is 135 g/mol. The van der Waals surface area contributed by atoms with Crippen molar-refractivity contribution in [3.8, 4) is 0 Å². The maximum absolute atomic E-state index is 8.97. The molecule has 0 heterocycles. The van der Waals surface area contributed by atoms with Crippen molar-refractivity contribution < 1.29 is 46.9 Å². The smallest absolute Gasteiger partial charge is 0.724 e. The Balaban J connectivity index is -0.000000125. The Kier molecular flexibility index (Phi) is 10.9. The first kappa shape index (κ1) is 15.8. The third kappa shape index (κ3) is 16.2. The summed E-state index contributed by atoms with van der Waals surface area (Å²) in [7, 11) is -4.86. The number of hydrogen-bond acceptors (Lipinski definition) is 5. The fourth-order valence-corrected chi connectivity index (χ4v) is 0. The third-order valence-corrected chi connectivity index (χ3v) is 0.274. The van der Waals surface area contributed by atoms with Crippen molar-refractivity contribution in [2.24, 2.45) is 0 Å². The van der Waals surface area contributed by atoms with Crippen LogP contribution in [0.3, 0.4) is 0 Å². The van der Waals surface area contributed by atoms with E-state index in [-0.39, 0.29) is 24.3 Å². The molecule has 8 heteroatoms. The molecule has 0 spiro atoms. The summed E-state index contributed by atoms with van der Waals surface area (Å²) in [6, 6.07) is 0. The Hall–Kier alpha value is 0.387. The van der Waals surface area contributed by atoms with Crippen molar-refractivity contribution in [2.45, 2.75) is 0 Å². The van der Waals surface area contributed by atoms with Crippen LogP contribution in [0.2, 0.25) is 0 Å². The van der Waals surface area contributed by atoms with E-state index in [0.717, 1.165) is 0 Å². The maximum atomic E-state index is 8.97.